The van der Waals surface area contributed by atoms with Crippen LogP contribution >= 0.6 is 22.6 Å². The van der Waals surface area contributed by atoms with Gasteiger partial charge in [0.2, 0.25) is 0 Å². The number of hydrogen-bond acceptors (Lipinski definition) is 3. The minimum absolute atomic E-state index is 0.258. The van der Waals surface area contributed by atoms with E-state index in [4.69, 9.17) is 0 Å². The molecule has 0 amide bonds. The average molecular weight is 361 g/mol. The fourth-order valence-electron chi connectivity index (χ4n) is 2.31. The molecule has 0 fully saturated rings. The first-order valence-corrected chi connectivity index (χ1v) is 6.90. The molecule has 2 rings (SSSR count). The van der Waals surface area contributed by atoms with Crippen LogP contribution in [0.1, 0.15) is 25.3 Å². The van der Waals surface area contributed by atoms with Crippen molar-refractivity contribution in [3.8, 4) is 12.1 Å². The quantitative estimate of drug-likeness (QED) is 0.778. The number of nitrogens with one attached hydrogen (secondary N) is 1. The van der Waals surface area contributed by atoms with E-state index in [0.717, 1.165) is 20.5 Å². The van der Waals surface area contributed by atoms with Crippen LogP contribution in [-0.2, 0) is 0 Å². The van der Waals surface area contributed by atoms with E-state index >= 15 is 0 Å². The van der Waals surface area contributed by atoms with Crippen molar-refractivity contribution in [2.75, 3.05) is 0 Å². The molecule has 4 heteroatoms. The molecule has 1 aromatic carbocycles. The second kappa shape index (κ2) is 5.46. The van der Waals surface area contributed by atoms with E-state index in [1.807, 2.05) is 38.1 Å². The Morgan fingerprint density at radius 2 is 1.68 bits per heavy atom. The van der Waals surface area contributed by atoms with Crippen LogP contribution in [0.2, 0.25) is 0 Å². The number of dihydropyridines is 1. The molecule has 1 aliphatic rings. The van der Waals surface area contributed by atoms with Crippen LogP contribution in [0.25, 0.3) is 0 Å². The largest absolute Gasteiger partial charge is 0.361 e. The highest BCUT2D eigenvalue weighted by Gasteiger charge is 2.29. The van der Waals surface area contributed by atoms with Gasteiger partial charge in [-0.1, -0.05) is 12.1 Å². The van der Waals surface area contributed by atoms with Crippen molar-refractivity contribution in [3.05, 3.63) is 55.9 Å². The van der Waals surface area contributed by atoms with Gasteiger partial charge in [-0.25, -0.2) is 0 Å². The second-order valence-electron chi connectivity index (χ2n) is 4.41. The first kappa shape index (κ1) is 13.6. The van der Waals surface area contributed by atoms with Crippen LogP contribution in [0, 0.1) is 26.2 Å². The van der Waals surface area contributed by atoms with Gasteiger partial charge in [0.15, 0.2) is 0 Å². The van der Waals surface area contributed by atoms with E-state index < -0.39 is 0 Å². The fourth-order valence-corrected chi connectivity index (χ4v) is 2.88. The normalized spacial score (nSPS) is 15.8. The van der Waals surface area contributed by atoms with Crippen molar-refractivity contribution in [2.45, 2.75) is 19.8 Å². The van der Waals surface area contributed by atoms with Crippen molar-refractivity contribution in [3.63, 3.8) is 0 Å². The molecule has 94 valence electrons. The Morgan fingerprint density at radius 3 is 2.16 bits per heavy atom. The topological polar surface area (TPSA) is 59.6 Å². The molecule has 0 radical (unpaired) electrons. The van der Waals surface area contributed by atoms with Crippen LogP contribution < -0.4 is 5.32 Å². The molecule has 19 heavy (non-hydrogen) atoms. The van der Waals surface area contributed by atoms with E-state index in [0.29, 0.717) is 11.1 Å². The Labute approximate surface area is 126 Å². The van der Waals surface area contributed by atoms with E-state index in [1.165, 1.54) is 0 Å². The molecule has 1 heterocycles. The molecule has 0 aromatic heterocycles. The summed E-state index contributed by atoms with van der Waals surface area (Å²) < 4.78 is 1.10. The van der Waals surface area contributed by atoms with Gasteiger partial charge in [-0.2, -0.15) is 10.5 Å². The van der Waals surface area contributed by atoms with Crippen molar-refractivity contribution in [1.82, 2.24) is 5.32 Å². The maximum Gasteiger partial charge on any atom is 0.0975 e. The zero-order chi connectivity index (χ0) is 14.0. The van der Waals surface area contributed by atoms with Gasteiger partial charge in [-0.05, 0) is 54.1 Å². The SMILES string of the molecule is CC1=C(C#N)C(c2cccc(I)c2)C(C#N)=C(C)N1. The summed E-state index contributed by atoms with van der Waals surface area (Å²) in [6.45, 7) is 3.74. The lowest BCUT2D eigenvalue weighted by molar-refractivity contribution is 0.814. The highest BCUT2D eigenvalue weighted by atomic mass is 127. The van der Waals surface area contributed by atoms with Gasteiger partial charge in [0.05, 0.1) is 29.2 Å². The molecule has 0 saturated carbocycles. The number of nitriles is 2. The summed E-state index contributed by atoms with van der Waals surface area (Å²) in [5.41, 5.74) is 3.86. The average Bonchev–Trinajstić information content (AvgIpc) is 2.38. The molecule has 0 atom stereocenters. The molecule has 1 aliphatic heterocycles. The predicted molar refractivity (Wildman–Crippen MR) is 81.7 cm³/mol. The van der Waals surface area contributed by atoms with Gasteiger partial charge < -0.3 is 5.32 Å². The standard InChI is InChI=1S/C15H12IN3/c1-9-13(7-17)15(14(8-18)10(2)19-9)11-4-3-5-12(16)6-11/h3-6,15,19H,1-2H3. The maximum atomic E-state index is 9.38. The maximum absolute atomic E-state index is 9.38. The van der Waals surface area contributed by atoms with Crippen LogP contribution in [0.3, 0.4) is 0 Å². The Kier molecular flexibility index (Phi) is 3.92. The number of allylic oxidation sites excluding steroid dienone is 4. The molecule has 0 saturated heterocycles. The van der Waals surface area contributed by atoms with Crippen molar-refractivity contribution in [1.29, 1.82) is 10.5 Å². The lowest BCUT2D eigenvalue weighted by Gasteiger charge is -2.26. The molecule has 0 bridgehead atoms. The third-order valence-electron chi connectivity index (χ3n) is 3.18. The third-order valence-corrected chi connectivity index (χ3v) is 3.85. The molecular weight excluding hydrogens is 349 g/mol. The molecule has 1 aromatic rings. The monoisotopic (exact) mass is 361 g/mol. The summed E-state index contributed by atoms with van der Waals surface area (Å²) in [6.07, 6.45) is 0. The van der Waals surface area contributed by atoms with Crippen molar-refractivity contribution in [2.24, 2.45) is 0 Å². The molecule has 0 aliphatic carbocycles. The minimum Gasteiger partial charge on any atom is -0.361 e. The van der Waals surface area contributed by atoms with Crippen molar-refractivity contribution >= 4 is 22.6 Å². The van der Waals surface area contributed by atoms with E-state index in [2.05, 4.69) is 40.0 Å². The lowest BCUT2D eigenvalue weighted by atomic mass is 9.82. The minimum atomic E-state index is -0.258. The van der Waals surface area contributed by atoms with Crippen LogP contribution in [0.15, 0.2) is 46.8 Å². The Balaban J connectivity index is 2.65. The molecule has 3 nitrogen and oxygen atoms in total. The Hall–Kier alpha value is -1.79. The summed E-state index contributed by atoms with van der Waals surface area (Å²) in [6, 6.07) is 12.4. The van der Waals surface area contributed by atoms with Gasteiger partial charge in [0.25, 0.3) is 0 Å². The lowest BCUT2D eigenvalue weighted by Crippen LogP contribution is -2.23. The van der Waals surface area contributed by atoms with Crippen LogP contribution in [0.4, 0.5) is 0 Å². The van der Waals surface area contributed by atoms with E-state index in [-0.39, 0.29) is 5.92 Å². The molecule has 0 spiro atoms. The summed E-state index contributed by atoms with van der Waals surface area (Å²) >= 11 is 2.24. The van der Waals surface area contributed by atoms with Gasteiger partial charge in [-0.15, -0.1) is 0 Å². The predicted octanol–water partition coefficient (Wildman–Crippen LogP) is 3.57. The Bertz CT molecular complexity index is 635. The van der Waals surface area contributed by atoms with Crippen molar-refractivity contribution < 1.29 is 0 Å². The van der Waals surface area contributed by atoms with Gasteiger partial charge in [0.1, 0.15) is 0 Å². The molecule has 1 N–H and O–H groups in total. The molecular formula is C15H12IN3. The number of halogens is 1. The summed E-state index contributed by atoms with van der Waals surface area (Å²) in [5.74, 6) is -0.258. The van der Waals surface area contributed by atoms with E-state index in [9.17, 15) is 10.5 Å². The summed E-state index contributed by atoms with van der Waals surface area (Å²) in [5, 5.41) is 21.9. The first-order chi connectivity index (χ1) is 9.08. The first-order valence-electron chi connectivity index (χ1n) is 5.82. The summed E-state index contributed by atoms with van der Waals surface area (Å²) in [4.78, 5) is 0. The van der Waals surface area contributed by atoms with Crippen LogP contribution in [0.5, 0.6) is 0 Å². The number of nitrogens with zero attached hydrogens (tertiary/aromatic N) is 2. The highest BCUT2D eigenvalue weighted by molar-refractivity contribution is 14.1. The third kappa shape index (κ3) is 2.50. The Morgan fingerprint density at radius 1 is 1.11 bits per heavy atom. The smallest absolute Gasteiger partial charge is 0.0975 e. The number of hydrogen-bond donors (Lipinski definition) is 1. The van der Waals surface area contributed by atoms with Gasteiger partial charge >= 0.3 is 0 Å². The number of rotatable bonds is 1. The van der Waals surface area contributed by atoms with Crippen LogP contribution in [-0.4, -0.2) is 0 Å². The zero-order valence-corrected chi connectivity index (χ0v) is 12.8. The number of benzene rings is 1. The molecule has 0 unspecified atom stereocenters. The van der Waals surface area contributed by atoms with Gasteiger partial charge in [0, 0.05) is 15.0 Å². The second-order valence-corrected chi connectivity index (χ2v) is 5.66. The fraction of sp³-hybridized carbons (Fsp3) is 0.200. The summed E-state index contributed by atoms with van der Waals surface area (Å²) in [7, 11) is 0. The zero-order valence-electron chi connectivity index (χ0n) is 10.7. The van der Waals surface area contributed by atoms with E-state index in [1.54, 1.807) is 0 Å². The van der Waals surface area contributed by atoms with Gasteiger partial charge in [-0.3, -0.25) is 0 Å². The highest BCUT2D eigenvalue weighted by Crippen LogP contribution is 2.37.